The number of non-ortho nitro benzene ring substituents is 1. The summed E-state index contributed by atoms with van der Waals surface area (Å²) in [5.41, 5.74) is 2.01. The predicted molar refractivity (Wildman–Crippen MR) is 105 cm³/mol. The Bertz CT molecular complexity index is 918. The maximum atomic E-state index is 12.7. The van der Waals surface area contributed by atoms with E-state index in [2.05, 4.69) is 4.74 Å². The summed E-state index contributed by atoms with van der Waals surface area (Å²) in [6.07, 6.45) is 0.893. The first-order chi connectivity index (χ1) is 13.8. The largest absolute Gasteiger partial charge is 0.493 e. The maximum Gasteiger partial charge on any atom is 0.305 e. The third-order valence-electron chi connectivity index (χ3n) is 4.58. The summed E-state index contributed by atoms with van der Waals surface area (Å²) in [6.45, 7) is 4.00. The topological polar surface area (TPSA) is 110 Å². The second kappa shape index (κ2) is 9.72. The molecule has 1 aromatic heterocycles. The number of ether oxygens (including phenoxy) is 3. The molecule has 0 aliphatic rings. The number of ketones is 1. The van der Waals surface area contributed by atoms with Crippen molar-refractivity contribution < 1.29 is 28.7 Å². The van der Waals surface area contributed by atoms with Crippen LogP contribution in [0.3, 0.4) is 0 Å². The lowest BCUT2D eigenvalue weighted by Gasteiger charge is -2.11. The van der Waals surface area contributed by atoms with Crippen LogP contribution in [0, 0.1) is 24.0 Å². The van der Waals surface area contributed by atoms with E-state index in [4.69, 9.17) is 9.47 Å². The Kier molecular flexibility index (Phi) is 7.35. The molecule has 0 unspecified atom stereocenters. The molecule has 0 fully saturated rings. The minimum atomic E-state index is -0.546. The Morgan fingerprint density at radius 2 is 1.86 bits per heavy atom. The van der Waals surface area contributed by atoms with Gasteiger partial charge in [0.05, 0.1) is 25.2 Å². The van der Waals surface area contributed by atoms with Gasteiger partial charge in [0.1, 0.15) is 0 Å². The lowest BCUT2D eigenvalue weighted by molar-refractivity contribution is -0.385. The molecule has 0 spiro atoms. The molecule has 1 heterocycles. The van der Waals surface area contributed by atoms with Gasteiger partial charge in [0.15, 0.2) is 18.1 Å². The van der Waals surface area contributed by atoms with Crippen molar-refractivity contribution >= 4 is 17.4 Å². The van der Waals surface area contributed by atoms with Crippen molar-refractivity contribution in [3.63, 3.8) is 0 Å². The van der Waals surface area contributed by atoms with Gasteiger partial charge in [-0.3, -0.25) is 19.7 Å². The van der Waals surface area contributed by atoms with E-state index in [1.807, 2.05) is 18.4 Å². The van der Waals surface area contributed by atoms with E-state index in [-0.39, 0.29) is 29.8 Å². The van der Waals surface area contributed by atoms with E-state index in [1.54, 1.807) is 6.07 Å². The van der Waals surface area contributed by atoms with Crippen LogP contribution in [0.4, 0.5) is 5.69 Å². The number of nitrogens with zero attached hydrogens (tertiary/aromatic N) is 2. The molecule has 0 amide bonds. The van der Waals surface area contributed by atoms with Gasteiger partial charge >= 0.3 is 5.97 Å². The lowest BCUT2D eigenvalue weighted by atomic mass is 10.1. The van der Waals surface area contributed by atoms with E-state index in [0.717, 1.165) is 11.4 Å². The Morgan fingerprint density at radius 1 is 1.14 bits per heavy atom. The Balaban J connectivity index is 2.10. The van der Waals surface area contributed by atoms with Gasteiger partial charge in [-0.25, -0.2) is 0 Å². The van der Waals surface area contributed by atoms with Crippen molar-refractivity contribution in [1.29, 1.82) is 0 Å². The third-order valence-corrected chi connectivity index (χ3v) is 4.58. The van der Waals surface area contributed by atoms with Crippen molar-refractivity contribution in [3.8, 4) is 11.5 Å². The zero-order valence-electron chi connectivity index (χ0n) is 16.9. The van der Waals surface area contributed by atoms with Gasteiger partial charge in [-0.1, -0.05) is 0 Å². The smallest absolute Gasteiger partial charge is 0.305 e. The molecule has 0 bridgehead atoms. The third kappa shape index (κ3) is 5.34. The molecule has 1 aromatic carbocycles. The van der Waals surface area contributed by atoms with Crippen molar-refractivity contribution in [2.75, 3.05) is 20.8 Å². The molecule has 0 radical (unpaired) electrons. The quantitative estimate of drug-likeness (QED) is 0.259. The number of esters is 1. The number of aromatic nitrogens is 1. The van der Waals surface area contributed by atoms with Crippen LogP contribution in [0.2, 0.25) is 0 Å². The minimum absolute atomic E-state index is 0.127. The average Bonchev–Trinajstić information content (AvgIpc) is 2.99. The summed E-state index contributed by atoms with van der Waals surface area (Å²) in [7, 11) is 2.76. The zero-order valence-corrected chi connectivity index (χ0v) is 16.9. The highest BCUT2D eigenvalue weighted by atomic mass is 16.6. The molecule has 0 saturated carbocycles. The molecule has 0 N–H and O–H groups in total. The molecule has 2 rings (SSSR count). The number of nitro groups is 1. The normalized spacial score (nSPS) is 10.5. The van der Waals surface area contributed by atoms with Gasteiger partial charge in [-0.2, -0.15) is 0 Å². The number of hydrogen-bond acceptors (Lipinski definition) is 7. The van der Waals surface area contributed by atoms with Gasteiger partial charge in [-0.15, -0.1) is 0 Å². The van der Waals surface area contributed by atoms with Crippen LogP contribution in [-0.2, 0) is 16.1 Å². The van der Waals surface area contributed by atoms with Crippen molar-refractivity contribution in [1.82, 2.24) is 4.57 Å². The summed E-state index contributed by atoms with van der Waals surface area (Å²) in [6, 6.07) is 5.71. The van der Waals surface area contributed by atoms with Gasteiger partial charge in [-0.05, 0) is 32.4 Å². The van der Waals surface area contributed by atoms with Crippen LogP contribution >= 0.6 is 0 Å². The molecular formula is C20H24N2O7. The first-order valence-corrected chi connectivity index (χ1v) is 9.00. The second-order valence-corrected chi connectivity index (χ2v) is 6.42. The molecule has 2 aromatic rings. The van der Waals surface area contributed by atoms with Crippen LogP contribution in [0.15, 0.2) is 24.3 Å². The minimum Gasteiger partial charge on any atom is -0.493 e. The summed E-state index contributed by atoms with van der Waals surface area (Å²) < 4.78 is 17.3. The predicted octanol–water partition coefficient (Wildman–Crippen LogP) is 3.24. The fourth-order valence-electron chi connectivity index (χ4n) is 3.02. The Labute approximate surface area is 168 Å². The molecule has 9 heteroatoms. The highest BCUT2D eigenvalue weighted by Crippen LogP contribution is 2.31. The highest BCUT2D eigenvalue weighted by Gasteiger charge is 2.18. The number of aryl methyl sites for hydroxylation is 1. The maximum absolute atomic E-state index is 12.7. The number of carbonyl (C=O) groups excluding carboxylic acids is 2. The summed E-state index contributed by atoms with van der Waals surface area (Å²) in [5.74, 6) is -0.104. The molecular weight excluding hydrogens is 380 g/mol. The summed E-state index contributed by atoms with van der Waals surface area (Å²) in [5, 5.41) is 11.0. The number of methoxy groups -OCH3 is 2. The molecule has 0 aliphatic carbocycles. The van der Waals surface area contributed by atoms with Gasteiger partial charge in [0, 0.05) is 36.0 Å². The number of hydrogen-bond donors (Lipinski definition) is 0. The lowest BCUT2D eigenvalue weighted by Crippen LogP contribution is -2.14. The van der Waals surface area contributed by atoms with Crippen LogP contribution in [0.5, 0.6) is 11.5 Å². The van der Waals surface area contributed by atoms with Crippen LogP contribution in [0.25, 0.3) is 0 Å². The van der Waals surface area contributed by atoms with Gasteiger partial charge < -0.3 is 18.8 Å². The fraction of sp³-hybridized carbons (Fsp3) is 0.400. The molecule has 0 saturated heterocycles. The van der Waals surface area contributed by atoms with E-state index >= 15 is 0 Å². The molecule has 0 atom stereocenters. The molecule has 156 valence electrons. The van der Waals surface area contributed by atoms with Crippen molar-refractivity contribution in [2.24, 2.45) is 0 Å². The van der Waals surface area contributed by atoms with Crippen LogP contribution < -0.4 is 9.47 Å². The Morgan fingerprint density at radius 3 is 2.48 bits per heavy atom. The standard InChI is InChI=1S/C20H24N2O7/c1-13-10-16(14(2)21(13)9-5-6-20(24)28-4)17(23)12-29-19-11-15(22(25)26)7-8-18(19)27-3/h7-8,10-11H,5-6,9,12H2,1-4H3. The number of carbonyl (C=O) groups is 2. The zero-order chi connectivity index (χ0) is 21.6. The number of nitro benzene ring substituents is 1. The number of Topliss-reactive ketones (excluding diaryl/α,β-unsaturated/α-hetero) is 1. The van der Waals surface area contributed by atoms with Crippen LogP contribution in [-0.4, -0.2) is 42.1 Å². The van der Waals surface area contributed by atoms with E-state index < -0.39 is 4.92 Å². The number of rotatable bonds is 10. The fourth-order valence-corrected chi connectivity index (χ4v) is 3.02. The highest BCUT2D eigenvalue weighted by molar-refractivity contribution is 5.98. The number of benzene rings is 1. The summed E-state index contributed by atoms with van der Waals surface area (Å²) >= 11 is 0. The van der Waals surface area contributed by atoms with Gasteiger partial charge in [0.2, 0.25) is 5.78 Å². The average molecular weight is 404 g/mol. The van der Waals surface area contributed by atoms with Gasteiger partial charge in [0.25, 0.3) is 5.69 Å². The van der Waals surface area contributed by atoms with E-state index in [1.165, 1.54) is 32.4 Å². The summed E-state index contributed by atoms with van der Waals surface area (Å²) in [4.78, 5) is 34.3. The molecule has 9 nitrogen and oxygen atoms in total. The van der Waals surface area contributed by atoms with Crippen molar-refractivity contribution in [3.05, 3.63) is 51.3 Å². The molecule has 29 heavy (non-hydrogen) atoms. The monoisotopic (exact) mass is 404 g/mol. The first-order valence-electron chi connectivity index (χ1n) is 9.00. The SMILES string of the molecule is COC(=O)CCCn1c(C)cc(C(=O)COc2cc([N+](=O)[O-])ccc2OC)c1C. The first kappa shape index (κ1) is 21.9. The van der Waals surface area contributed by atoms with Crippen LogP contribution in [0.1, 0.15) is 34.6 Å². The Hall–Kier alpha value is -3.36. The van der Waals surface area contributed by atoms with E-state index in [9.17, 15) is 19.7 Å². The molecule has 0 aliphatic heterocycles. The van der Waals surface area contributed by atoms with E-state index in [0.29, 0.717) is 30.7 Å². The van der Waals surface area contributed by atoms with Crippen molar-refractivity contribution in [2.45, 2.75) is 33.2 Å². The second-order valence-electron chi connectivity index (χ2n) is 6.42.